The zero-order chi connectivity index (χ0) is 9.07. The molecule has 6 nitrogen and oxygen atoms in total. The van der Waals surface area contributed by atoms with E-state index < -0.39 is 7.59 Å². The van der Waals surface area contributed by atoms with Crippen LogP contribution < -0.4 is 0 Å². The number of azide groups is 1. The summed E-state index contributed by atoms with van der Waals surface area (Å²) < 4.78 is 14.5. The van der Waals surface area contributed by atoms with Crippen LogP contribution in [0.15, 0.2) is 4.88 Å². The smallest absolute Gasteiger partial charge is 0.282 e. The Morgan fingerprint density at radius 1 is 1.27 bits per heavy atom. The molecule has 0 aromatic rings. The molecular formula is C4H12N5OP. The fourth-order valence-electron chi connectivity index (χ4n) is 0.570. The molecule has 7 heteroatoms. The Morgan fingerprint density at radius 3 is 1.73 bits per heavy atom. The van der Waals surface area contributed by atoms with Crippen molar-refractivity contribution >= 4 is 7.59 Å². The predicted octanol–water partition coefficient (Wildman–Crippen LogP) is 1.53. The first-order valence-corrected chi connectivity index (χ1v) is 4.54. The molecule has 0 aliphatic heterocycles. The molecule has 0 saturated carbocycles. The van der Waals surface area contributed by atoms with Crippen LogP contribution in [0, 0.1) is 0 Å². The van der Waals surface area contributed by atoms with E-state index in [9.17, 15) is 4.57 Å². The standard InChI is InChI=1S/C4H12N5OP/c1-8(2)11(10,7-6-5)9(3)4/h1-4H3. The van der Waals surface area contributed by atoms with E-state index in [1.54, 1.807) is 28.2 Å². The molecule has 0 bridgehead atoms. The maximum Gasteiger partial charge on any atom is 0.302 e. The van der Waals surface area contributed by atoms with Crippen LogP contribution in [0.2, 0.25) is 0 Å². The van der Waals surface area contributed by atoms with Gasteiger partial charge in [-0.2, -0.15) is 0 Å². The molecule has 0 aliphatic carbocycles. The molecule has 0 atom stereocenters. The van der Waals surface area contributed by atoms with Crippen LogP contribution in [-0.4, -0.2) is 37.5 Å². The second kappa shape index (κ2) is 3.74. The third kappa shape index (κ3) is 2.20. The molecule has 0 fully saturated rings. The van der Waals surface area contributed by atoms with Crippen LogP contribution in [0.5, 0.6) is 0 Å². The third-order valence-electron chi connectivity index (χ3n) is 1.20. The maximum absolute atomic E-state index is 11.6. The minimum Gasteiger partial charge on any atom is -0.282 e. The Bertz CT molecular complexity index is 207. The summed E-state index contributed by atoms with van der Waals surface area (Å²) in [4.78, 5) is 5.77. The predicted molar refractivity (Wildman–Crippen MR) is 44.1 cm³/mol. The zero-order valence-electron chi connectivity index (χ0n) is 7.09. The van der Waals surface area contributed by atoms with Gasteiger partial charge in [0.15, 0.2) is 0 Å². The Hall–Kier alpha value is -0.540. The van der Waals surface area contributed by atoms with E-state index in [-0.39, 0.29) is 0 Å². The van der Waals surface area contributed by atoms with Crippen LogP contribution in [-0.2, 0) is 4.57 Å². The van der Waals surface area contributed by atoms with E-state index >= 15 is 0 Å². The van der Waals surface area contributed by atoms with Crippen LogP contribution >= 0.6 is 7.59 Å². The monoisotopic (exact) mass is 177 g/mol. The summed E-state index contributed by atoms with van der Waals surface area (Å²) in [5.41, 5.74) is 8.13. The average Bonchev–Trinajstić information content (AvgIpc) is 1.87. The van der Waals surface area contributed by atoms with Crippen molar-refractivity contribution in [3.63, 3.8) is 0 Å². The highest BCUT2D eigenvalue weighted by atomic mass is 31.2. The van der Waals surface area contributed by atoms with Crippen molar-refractivity contribution in [3.8, 4) is 0 Å². The van der Waals surface area contributed by atoms with Gasteiger partial charge in [-0.1, -0.05) is 0 Å². The van der Waals surface area contributed by atoms with Gasteiger partial charge in [0.2, 0.25) is 0 Å². The molecule has 0 aromatic heterocycles. The number of hydrogen-bond donors (Lipinski definition) is 0. The first-order chi connectivity index (χ1) is 4.95. The normalized spacial score (nSPS) is 11.8. The summed E-state index contributed by atoms with van der Waals surface area (Å²) in [6, 6.07) is 0. The van der Waals surface area contributed by atoms with Gasteiger partial charge in [-0.3, -0.25) is 4.57 Å². The summed E-state index contributed by atoms with van der Waals surface area (Å²) >= 11 is 0. The fraction of sp³-hybridized carbons (Fsp3) is 1.00. The van der Waals surface area contributed by atoms with Crippen molar-refractivity contribution in [2.75, 3.05) is 28.2 Å². The maximum atomic E-state index is 11.6. The van der Waals surface area contributed by atoms with Gasteiger partial charge in [-0.15, -0.1) is 0 Å². The van der Waals surface area contributed by atoms with Crippen molar-refractivity contribution < 1.29 is 4.57 Å². The molecule has 0 amide bonds. The molecule has 0 unspecified atom stereocenters. The van der Waals surface area contributed by atoms with Crippen LogP contribution in [0.3, 0.4) is 0 Å². The van der Waals surface area contributed by atoms with Gasteiger partial charge < -0.3 is 0 Å². The summed E-state index contributed by atoms with van der Waals surface area (Å²) in [7, 11) is 3.44. The van der Waals surface area contributed by atoms with E-state index in [4.69, 9.17) is 5.53 Å². The molecule has 0 aromatic carbocycles. The number of nitrogens with zero attached hydrogens (tertiary/aromatic N) is 5. The van der Waals surface area contributed by atoms with Gasteiger partial charge in [0, 0.05) is 9.80 Å². The van der Waals surface area contributed by atoms with E-state index in [1.807, 2.05) is 0 Å². The number of hydrogen-bond acceptors (Lipinski definition) is 1. The Labute approximate surface area is 65.9 Å². The first-order valence-electron chi connectivity index (χ1n) is 2.97. The van der Waals surface area contributed by atoms with Gasteiger partial charge in [0.05, 0.1) is 0 Å². The molecule has 0 heterocycles. The zero-order valence-corrected chi connectivity index (χ0v) is 7.99. The molecule has 0 radical (unpaired) electrons. The molecule has 64 valence electrons. The molecular weight excluding hydrogens is 165 g/mol. The molecule has 0 N–H and O–H groups in total. The lowest BCUT2D eigenvalue weighted by molar-refractivity contribution is 0.449. The Balaban J connectivity index is 4.83. The molecule has 0 spiro atoms. The van der Waals surface area contributed by atoms with E-state index in [2.05, 4.69) is 9.80 Å². The molecule has 0 saturated heterocycles. The fourth-order valence-corrected chi connectivity index (χ4v) is 1.71. The lowest BCUT2D eigenvalue weighted by Gasteiger charge is -2.25. The lowest BCUT2D eigenvalue weighted by atomic mass is 11.3. The SMILES string of the molecule is CN(C)P(=O)(N=[N+]=[N-])N(C)C. The van der Waals surface area contributed by atoms with Crippen LogP contribution in [0.4, 0.5) is 0 Å². The van der Waals surface area contributed by atoms with E-state index in [0.29, 0.717) is 0 Å². The Kier molecular flexibility index (Phi) is 3.55. The minimum atomic E-state index is -2.99. The van der Waals surface area contributed by atoms with Gasteiger partial charge in [0.1, 0.15) is 0 Å². The second-order valence-corrected chi connectivity index (χ2v) is 5.19. The van der Waals surface area contributed by atoms with E-state index in [0.717, 1.165) is 0 Å². The first kappa shape index (κ1) is 10.5. The second-order valence-electron chi connectivity index (χ2n) is 2.39. The van der Waals surface area contributed by atoms with Crippen LogP contribution in [0.25, 0.3) is 10.4 Å². The van der Waals surface area contributed by atoms with Crippen molar-refractivity contribution in [3.05, 3.63) is 10.4 Å². The molecule has 11 heavy (non-hydrogen) atoms. The van der Waals surface area contributed by atoms with Crippen LogP contribution in [0.1, 0.15) is 0 Å². The summed E-state index contributed by atoms with van der Waals surface area (Å²) in [5.74, 6) is 0. The topological polar surface area (TPSA) is 72.3 Å². The summed E-state index contributed by atoms with van der Waals surface area (Å²) in [5, 5.41) is 0. The molecule has 0 rings (SSSR count). The molecule has 0 aliphatic rings. The lowest BCUT2D eigenvalue weighted by Crippen LogP contribution is -2.18. The van der Waals surface area contributed by atoms with Crippen molar-refractivity contribution in [1.29, 1.82) is 0 Å². The Morgan fingerprint density at radius 2 is 1.64 bits per heavy atom. The highest BCUT2D eigenvalue weighted by molar-refractivity contribution is 7.57. The van der Waals surface area contributed by atoms with E-state index in [1.165, 1.54) is 9.34 Å². The van der Waals surface area contributed by atoms with Crippen molar-refractivity contribution in [1.82, 2.24) is 9.34 Å². The summed E-state index contributed by atoms with van der Waals surface area (Å²) in [6.07, 6.45) is 0. The average molecular weight is 177 g/mol. The minimum absolute atomic E-state index is 1.41. The quantitative estimate of drug-likeness (QED) is 0.284. The van der Waals surface area contributed by atoms with Gasteiger partial charge >= 0.3 is 7.59 Å². The van der Waals surface area contributed by atoms with Crippen molar-refractivity contribution in [2.24, 2.45) is 4.88 Å². The van der Waals surface area contributed by atoms with Gasteiger partial charge in [0.25, 0.3) is 0 Å². The highest BCUT2D eigenvalue weighted by Crippen LogP contribution is 2.50. The van der Waals surface area contributed by atoms with Gasteiger partial charge in [-0.05, 0) is 33.7 Å². The van der Waals surface area contributed by atoms with Crippen molar-refractivity contribution in [2.45, 2.75) is 0 Å². The largest absolute Gasteiger partial charge is 0.302 e. The third-order valence-corrected chi connectivity index (χ3v) is 3.60. The number of rotatable bonds is 3. The highest BCUT2D eigenvalue weighted by Gasteiger charge is 2.25. The summed E-state index contributed by atoms with van der Waals surface area (Å²) in [6.45, 7) is 0. The van der Waals surface area contributed by atoms with Gasteiger partial charge in [-0.25, -0.2) is 9.34 Å².